The molecule has 22 heavy (non-hydrogen) atoms. The Labute approximate surface area is 141 Å². The van der Waals surface area contributed by atoms with Crippen LogP contribution in [0.15, 0.2) is 0 Å². The van der Waals surface area contributed by atoms with Crippen molar-refractivity contribution in [1.29, 1.82) is 0 Å². The van der Waals surface area contributed by atoms with Gasteiger partial charge in [-0.05, 0) is 25.2 Å². The Balaban J connectivity index is -0.000000175. The van der Waals surface area contributed by atoms with E-state index in [0.29, 0.717) is 6.61 Å². The van der Waals surface area contributed by atoms with Crippen molar-refractivity contribution in [2.24, 2.45) is 5.92 Å². The van der Waals surface area contributed by atoms with E-state index < -0.39 is 0 Å². The van der Waals surface area contributed by atoms with Gasteiger partial charge in [-0.1, -0.05) is 69.2 Å². The first-order valence-corrected chi connectivity index (χ1v) is 9.59. The Morgan fingerprint density at radius 2 is 1.36 bits per heavy atom. The van der Waals surface area contributed by atoms with Crippen molar-refractivity contribution in [3.63, 3.8) is 0 Å². The van der Waals surface area contributed by atoms with E-state index in [2.05, 4.69) is 6.92 Å². The highest BCUT2D eigenvalue weighted by Crippen LogP contribution is 2.15. The van der Waals surface area contributed by atoms with Crippen LogP contribution in [-0.2, 0) is 9.53 Å². The number of likely N-dealkylation sites (tertiary alicyclic amines) is 1. The van der Waals surface area contributed by atoms with E-state index in [4.69, 9.17) is 4.74 Å². The quantitative estimate of drug-likeness (QED) is 0.615. The molecule has 0 aliphatic carbocycles. The Morgan fingerprint density at radius 3 is 1.73 bits per heavy atom. The first-order valence-electron chi connectivity index (χ1n) is 9.59. The van der Waals surface area contributed by atoms with Crippen LogP contribution in [0, 0.1) is 5.92 Å². The average molecular weight is 320 g/mol. The SMILES string of the molecule is CC.CC.CC.CC.CCCOCC(=O)N1CCC(C)CC1. The van der Waals surface area contributed by atoms with Crippen molar-refractivity contribution in [3.8, 4) is 0 Å². The third kappa shape index (κ3) is 19.4. The number of piperidine rings is 1. The van der Waals surface area contributed by atoms with Crippen LogP contribution >= 0.6 is 0 Å². The third-order valence-electron chi connectivity index (χ3n) is 2.71. The summed E-state index contributed by atoms with van der Waals surface area (Å²) in [7, 11) is 0. The predicted molar refractivity (Wildman–Crippen MR) is 101 cm³/mol. The molecular weight excluding hydrogens is 274 g/mol. The van der Waals surface area contributed by atoms with Crippen LogP contribution in [-0.4, -0.2) is 37.1 Å². The molecule has 1 aliphatic heterocycles. The monoisotopic (exact) mass is 319 g/mol. The smallest absolute Gasteiger partial charge is 0.248 e. The minimum atomic E-state index is 0.158. The van der Waals surface area contributed by atoms with Crippen molar-refractivity contribution in [1.82, 2.24) is 4.90 Å². The largest absolute Gasteiger partial charge is 0.372 e. The summed E-state index contributed by atoms with van der Waals surface area (Å²) in [6, 6.07) is 0. The van der Waals surface area contributed by atoms with E-state index in [0.717, 1.165) is 38.3 Å². The molecule has 0 N–H and O–H groups in total. The molecule has 0 radical (unpaired) electrons. The van der Waals surface area contributed by atoms with Crippen LogP contribution in [0.2, 0.25) is 0 Å². The second-order valence-corrected chi connectivity index (χ2v) is 4.12. The molecule has 0 spiro atoms. The number of amides is 1. The van der Waals surface area contributed by atoms with Crippen molar-refractivity contribution in [2.45, 2.75) is 88.5 Å². The second kappa shape index (κ2) is 28.6. The zero-order valence-electron chi connectivity index (χ0n) is 17.3. The molecular formula is C19H45NO2. The molecule has 1 aliphatic rings. The van der Waals surface area contributed by atoms with Crippen LogP contribution in [0.3, 0.4) is 0 Å². The van der Waals surface area contributed by atoms with Gasteiger partial charge in [0.15, 0.2) is 0 Å². The molecule has 1 rings (SSSR count). The summed E-state index contributed by atoms with van der Waals surface area (Å²) in [4.78, 5) is 13.5. The summed E-state index contributed by atoms with van der Waals surface area (Å²) in [5, 5.41) is 0. The van der Waals surface area contributed by atoms with Gasteiger partial charge in [0.05, 0.1) is 0 Å². The van der Waals surface area contributed by atoms with Gasteiger partial charge in [0.25, 0.3) is 0 Å². The summed E-state index contributed by atoms with van der Waals surface area (Å²) >= 11 is 0. The van der Waals surface area contributed by atoms with Gasteiger partial charge in [0.2, 0.25) is 5.91 Å². The fraction of sp³-hybridized carbons (Fsp3) is 0.947. The van der Waals surface area contributed by atoms with Gasteiger partial charge in [0, 0.05) is 19.7 Å². The molecule has 1 amide bonds. The first kappa shape index (κ1) is 29.4. The number of nitrogens with zero attached hydrogens (tertiary/aromatic N) is 1. The highest BCUT2D eigenvalue weighted by atomic mass is 16.5. The van der Waals surface area contributed by atoms with E-state index in [1.807, 2.05) is 67.2 Å². The third-order valence-corrected chi connectivity index (χ3v) is 2.71. The van der Waals surface area contributed by atoms with Gasteiger partial charge in [-0.3, -0.25) is 4.79 Å². The standard InChI is InChI=1S/C11H21NO2.4C2H6/c1-3-8-14-9-11(13)12-6-4-10(2)5-7-12;4*1-2/h10H,3-9H2,1-2H3;4*1-2H3. The van der Waals surface area contributed by atoms with Gasteiger partial charge >= 0.3 is 0 Å². The zero-order valence-corrected chi connectivity index (χ0v) is 17.3. The van der Waals surface area contributed by atoms with Crippen LogP contribution in [0.5, 0.6) is 0 Å². The Kier molecular flexibility index (Phi) is 38.2. The van der Waals surface area contributed by atoms with Crippen LogP contribution < -0.4 is 0 Å². The fourth-order valence-corrected chi connectivity index (χ4v) is 1.65. The highest BCUT2D eigenvalue weighted by molar-refractivity contribution is 5.77. The number of ether oxygens (including phenoxy) is 1. The van der Waals surface area contributed by atoms with Gasteiger partial charge < -0.3 is 9.64 Å². The molecule has 3 heteroatoms. The molecule has 1 saturated heterocycles. The van der Waals surface area contributed by atoms with Crippen LogP contribution in [0.1, 0.15) is 88.5 Å². The highest BCUT2D eigenvalue weighted by Gasteiger charge is 2.19. The summed E-state index contributed by atoms with van der Waals surface area (Å²) in [5.41, 5.74) is 0. The minimum absolute atomic E-state index is 0.158. The van der Waals surface area contributed by atoms with Gasteiger partial charge in [-0.25, -0.2) is 0 Å². The minimum Gasteiger partial charge on any atom is -0.372 e. The van der Waals surface area contributed by atoms with Crippen molar-refractivity contribution in [2.75, 3.05) is 26.3 Å². The Hall–Kier alpha value is -0.570. The molecule has 0 bridgehead atoms. The molecule has 0 saturated carbocycles. The number of hydrogen-bond donors (Lipinski definition) is 0. The van der Waals surface area contributed by atoms with E-state index >= 15 is 0 Å². The molecule has 0 atom stereocenters. The molecule has 0 aromatic rings. The second-order valence-electron chi connectivity index (χ2n) is 4.12. The average Bonchev–Trinajstić information content (AvgIpc) is 2.62. The maximum absolute atomic E-state index is 11.6. The van der Waals surface area contributed by atoms with E-state index in [-0.39, 0.29) is 12.5 Å². The summed E-state index contributed by atoms with van der Waals surface area (Å²) in [6.45, 7) is 23.1. The molecule has 1 fully saturated rings. The summed E-state index contributed by atoms with van der Waals surface area (Å²) in [5.74, 6) is 0.931. The van der Waals surface area contributed by atoms with E-state index in [1.54, 1.807) is 0 Å². The lowest BCUT2D eigenvalue weighted by atomic mass is 9.99. The van der Waals surface area contributed by atoms with Gasteiger partial charge in [0.1, 0.15) is 6.61 Å². The summed E-state index contributed by atoms with van der Waals surface area (Å²) in [6.07, 6.45) is 3.25. The van der Waals surface area contributed by atoms with E-state index in [9.17, 15) is 4.79 Å². The van der Waals surface area contributed by atoms with Crippen LogP contribution in [0.25, 0.3) is 0 Å². The Bertz CT molecular complexity index is 176. The topological polar surface area (TPSA) is 29.5 Å². The molecule has 1 heterocycles. The maximum Gasteiger partial charge on any atom is 0.248 e. The lowest BCUT2D eigenvalue weighted by Crippen LogP contribution is -2.40. The fourth-order valence-electron chi connectivity index (χ4n) is 1.65. The number of hydrogen-bond acceptors (Lipinski definition) is 2. The van der Waals surface area contributed by atoms with Crippen molar-refractivity contribution >= 4 is 5.91 Å². The molecule has 0 aromatic heterocycles. The zero-order chi connectivity index (χ0) is 18.4. The normalized spacial score (nSPS) is 12.9. The maximum atomic E-state index is 11.6. The van der Waals surface area contributed by atoms with Crippen molar-refractivity contribution < 1.29 is 9.53 Å². The first-order chi connectivity index (χ1) is 10.7. The van der Waals surface area contributed by atoms with Gasteiger partial charge in [-0.15, -0.1) is 0 Å². The molecule has 3 nitrogen and oxygen atoms in total. The lowest BCUT2D eigenvalue weighted by molar-refractivity contribution is -0.137. The van der Waals surface area contributed by atoms with E-state index in [1.165, 1.54) is 0 Å². The molecule has 138 valence electrons. The van der Waals surface area contributed by atoms with Crippen molar-refractivity contribution in [3.05, 3.63) is 0 Å². The molecule has 0 aromatic carbocycles. The summed E-state index contributed by atoms with van der Waals surface area (Å²) < 4.78 is 5.23. The number of carbonyl (C=O) groups is 1. The molecule has 0 unspecified atom stereocenters. The van der Waals surface area contributed by atoms with Crippen LogP contribution in [0.4, 0.5) is 0 Å². The predicted octanol–water partition coefficient (Wildman–Crippen LogP) is 5.78. The number of carbonyl (C=O) groups excluding carboxylic acids is 1. The lowest BCUT2D eigenvalue weighted by Gasteiger charge is -2.30. The number of rotatable bonds is 4. The Morgan fingerprint density at radius 1 is 0.955 bits per heavy atom. The van der Waals surface area contributed by atoms with Gasteiger partial charge in [-0.2, -0.15) is 0 Å².